The monoisotopic (exact) mass is 195 g/mol. The smallest absolute Gasteiger partial charge is 0.279 e. The van der Waals surface area contributed by atoms with Crippen LogP contribution in [0.15, 0.2) is 4.79 Å². The van der Waals surface area contributed by atoms with Gasteiger partial charge in [-0.1, -0.05) is 13.8 Å². The van der Waals surface area contributed by atoms with Crippen molar-refractivity contribution in [2.24, 2.45) is 5.73 Å². The maximum absolute atomic E-state index is 11.3. The molecule has 3 N–H and O–H groups in total. The SMILES string of the molecule is CCc1nc(C(N)=O)c(=O)[nH]c1CC. The van der Waals surface area contributed by atoms with E-state index in [1.807, 2.05) is 13.8 Å². The molecule has 0 radical (unpaired) electrons. The number of nitrogens with two attached hydrogens (primary N) is 1. The van der Waals surface area contributed by atoms with Crippen LogP contribution in [0.2, 0.25) is 0 Å². The average Bonchev–Trinajstić information content (AvgIpc) is 2.16. The lowest BCUT2D eigenvalue weighted by atomic mass is 10.2. The maximum atomic E-state index is 11.3. The van der Waals surface area contributed by atoms with Crippen molar-refractivity contribution in [3.8, 4) is 0 Å². The fraction of sp³-hybridized carbons (Fsp3) is 0.444. The summed E-state index contributed by atoms with van der Waals surface area (Å²) in [6.07, 6.45) is 1.35. The zero-order valence-corrected chi connectivity index (χ0v) is 8.26. The number of H-pyrrole nitrogens is 1. The summed E-state index contributed by atoms with van der Waals surface area (Å²) in [6, 6.07) is 0. The molecular formula is C9H13N3O2. The number of nitrogens with zero attached hydrogens (tertiary/aromatic N) is 1. The predicted octanol–water partition coefficient (Wildman–Crippen LogP) is -0.00640. The molecule has 1 aromatic heterocycles. The van der Waals surface area contributed by atoms with Crippen molar-refractivity contribution in [1.29, 1.82) is 0 Å². The number of rotatable bonds is 3. The van der Waals surface area contributed by atoms with Crippen LogP contribution in [0.1, 0.15) is 35.7 Å². The van der Waals surface area contributed by atoms with Crippen molar-refractivity contribution in [3.05, 3.63) is 27.4 Å². The number of hydrogen-bond donors (Lipinski definition) is 2. The van der Waals surface area contributed by atoms with Crippen LogP contribution in [0.25, 0.3) is 0 Å². The summed E-state index contributed by atoms with van der Waals surface area (Å²) in [7, 11) is 0. The molecular weight excluding hydrogens is 182 g/mol. The van der Waals surface area contributed by atoms with Crippen LogP contribution in [0.3, 0.4) is 0 Å². The fourth-order valence-corrected chi connectivity index (χ4v) is 1.27. The Labute approximate surface area is 81.4 Å². The lowest BCUT2D eigenvalue weighted by Gasteiger charge is -2.04. The van der Waals surface area contributed by atoms with Gasteiger partial charge in [0.05, 0.1) is 5.69 Å². The van der Waals surface area contributed by atoms with Crippen molar-refractivity contribution in [2.75, 3.05) is 0 Å². The molecule has 0 saturated carbocycles. The second-order valence-corrected chi connectivity index (χ2v) is 2.91. The number of nitrogens with one attached hydrogen (secondary N) is 1. The topological polar surface area (TPSA) is 88.8 Å². The molecule has 14 heavy (non-hydrogen) atoms. The largest absolute Gasteiger partial charge is 0.364 e. The minimum absolute atomic E-state index is 0.209. The standard InChI is InChI=1S/C9H13N3O2/c1-3-5-6(4-2)12-9(14)7(11-5)8(10)13/h3-4H2,1-2H3,(H2,10,13)(H,12,14). The molecule has 0 aromatic carbocycles. The van der Waals surface area contributed by atoms with Gasteiger partial charge in [-0.2, -0.15) is 0 Å². The quantitative estimate of drug-likeness (QED) is 0.711. The molecule has 0 spiro atoms. The second kappa shape index (κ2) is 4.04. The molecule has 0 unspecified atom stereocenters. The third kappa shape index (κ3) is 1.81. The third-order valence-corrected chi connectivity index (χ3v) is 2.00. The van der Waals surface area contributed by atoms with E-state index in [0.29, 0.717) is 12.8 Å². The van der Waals surface area contributed by atoms with Crippen LogP contribution in [0, 0.1) is 0 Å². The van der Waals surface area contributed by atoms with Gasteiger partial charge in [-0.3, -0.25) is 9.59 Å². The summed E-state index contributed by atoms with van der Waals surface area (Å²) in [5.41, 5.74) is 5.78. The highest BCUT2D eigenvalue weighted by atomic mass is 16.2. The molecule has 1 rings (SSSR count). The Bertz CT molecular complexity index is 409. The number of aryl methyl sites for hydroxylation is 2. The predicted molar refractivity (Wildman–Crippen MR) is 52.1 cm³/mol. The van der Waals surface area contributed by atoms with Gasteiger partial charge in [0, 0.05) is 5.69 Å². The van der Waals surface area contributed by atoms with Gasteiger partial charge in [-0.05, 0) is 12.8 Å². The van der Waals surface area contributed by atoms with Crippen LogP contribution in [0.4, 0.5) is 0 Å². The van der Waals surface area contributed by atoms with Crippen LogP contribution in [0.5, 0.6) is 0 Å². The summed E-state index contributed by atoms with van der Waals surface area (Å²) < 4.78 is 0. The van der Waals surface area contributed by atoms with E-state index >= 15 is 0 Å². The number of aromatic amines is 1. The molecule has 0 aliphatic heterocycles. The van der Waals surface area contributed by atoms with Crippen molar-refractivity contribution < 1.29 is 4.79 Å². The zero-order chi connectivity index (χ0) is 10.7. The normalized spacial score (nSPS) is 10.1. The van der Waals surface area contributed by atoms with Gasteiger partial charge in [-0.15, -0.1) is 0 Å². The number of carbonyl (C=O) groups is 1. The molecule has 0 fully saturated rings. The fourth-order valence-electron chi connectivity index (χ4n) is 1.27. The lowest BCUT2D eigenvalue weighted by Crippen LogP contribution is -2.27. The van der Waals surface area contributed by atoms with Gasteiger partial charge in [0.15, 0.2) is 5.69 Å². The van der Waals surface area contributed by atoms with Crippen LogP contribution >= 0.6 is 0 Å². The summed E-state index contributed by atoms with van der Waals surface area (Å²) in [4.78, 5) is 28.7. The highest BCUT2D eigenvalue weighted by Crippen LogP contribution is 2.02. The summed E-state index contributed by atoms with van der Waals surface area (Å²) in [6.45, 7) is 3.82. The highest BCUT2D eigenvalue weighted by molar-refractivity contribution is 5.90. The molecule has 1 aromatic rings. The number of aromatic nitrogens is 2. The van der Waals surface area contributed by atoms with Gasteiger partial charge in [0.1, 0.15) is 0 Å². The Balaban J connectivity index is 3.38. The third-order valence-electron chi connectivity index (χ3n) is 2.00. The van der Waals surface area contributed by atoms with Crippen LogP contribution in [-0.4, -0.2) is 15.9 Å². The van der Waals surface area contributed by atoms with Crippen molar-refractivity contribution in [3.63, 3.8) is 0 Å². The Morgan fingerprint density at radius 3 is 2.50 bits per heavy atom. The lowest BCUT2D eigenvalue weighted by molar-refractivity contribution is 0.0993. The van der Waals surface area contributed by atoms with Crippen LogP contribution in [-0.2, 0) is 12.8 Å². The minimum atomic E-state index is -0.788. The molecule has 0 bridgehead atoms. The van der Waals surface area contributed by atoms with E-state index in [9.17, 15) is 9.59 Å². The Morgan fingerprint density at radius 2 is 2.07 bits per heavy atom. The maximum Gasteiger partial charge on any atom is 0.279 e. The van der Waals surface area contributed by atoms with Crippen molar-refractivity contribution in [2.45, 2.75) is 26.7 Å². The molecule has 1 amide bonds. The molecule has 1 heterocycles. The van der Waals surface area contributed by atoms with Gasteiger partial charge >= 0.3 is 0 Å². The summed E-state index contributed by atoms with van der Waals surface area (Å²) in [5.74, 6) is -0.788. The summed E-state index contributed by atoms with van der Waals surface area (Å²) in [5, 5.41) is 0. The van der Waals surface area contributed by atoms with E-state index in [0.717, 1.165) is 11.4 Å². The van der Waals surface area contributed by atoms with Crippen LogP contribution < -0.4 is 11.3 Å². The number of primary amides is 1. The molecule has 76 valence electrons. The average molecular weight is 195 g/mol. The van der Waals surface area contributed by atoms with Crippen molar-refractivity contribution in [1.82, 2.24) is 9.97 Å². The number of hydrogen-bond acceptors (Lipinski definition) is 3. The van der Waals surface area contributed by atoms with Gasteiger partial charge in [0.25, 0.3) is 11.5 Å². The molecule has 5 heteroatoms. The van der Waals surface area contributed by atoms with E-state index in [-0.39, 0.29) is 5.69 Å². The molecule has 0 saturated heterocycles. The molecule has 0 aliphatic rings. The highest BCUT2D eigenvalue weighted by Gasteiger charge is 2.11. The first kappa shape index (κ1) is 10.4. The first-order valence-electron chi connectivity index (χ1n) is 4.52. The van der Waals surface area contributed by atoms with E-state index in [1.165, 1.54) is 0 Å². The molecule has 5 nitrogen and oxygen atoms in total. The summed E-state index contributed by atoms with van der Waals surface area (Å²) >= 11 is 0. The Morgan fingerprint density at radius 1 is 1.43 bits per heavy atom. The van der Waals surface area contributed by atoms with E-state index in [1.54, 1.807) is 0 Å². The van der Waals surface area contributed by atoms with Gasteiger partial charge in [-0.25, -0.2) is 4.98 Å². The number of carbonyl (C=O) groups excluding carboxylic acids is 1. The Hall–Kier alpha value is -1.65. The van der Waals surface area contributed by atoms with Gasteiger partial charge < -0.3 is 10.7 Å². The molecule has 0 atom stereocenters. The number of amides is 1. The van der Waals surface area contributed by atoms with E-state index < -0.39 is 11.5 Å². The van der Waals surface area contributed by atoms with E-state index in [4.69, 9.17) is 5.73 Å². The first-order valence-corrected chi connectivity index (χ1v) is 4.52. The Kier molecular flexibility index (Phi) is 3.01. The van der Waals surface area contributed by atoms with Crippen molar-refractivity contribution >= 4 is 5.91 Å². The van der Waals surface area contributed by atoms with Gasteiger partial charge in [0.2, 0.25) is 0 Å². The first-order chi connectivity index (χ1) is 6.60. The van der Waals surface area contributed by atoms with E-state index in [2.05, 4.69) is 9.97 Å². The zero-order valence-electron chi connectivity index (χ0n) is 8.26. The molecule has 0 aliphatic carbocycles. The second-order valence-electron chi connectivity index (χ2n) is 2.91. The minimum Gasteiger partial charge on any atom is -0.364 e.